The Morgan fingerprint density at radius 3 is 2.32 bits per heavy atom. The quantitative estimate of drug-likeness (QED) is 0.787. The van der Waals surface area contributed by atoms with Crippen LogP contribution in [0.1, 0.15) is 29.6 Å². The number of amides is 1. The normalized spacial score (nSPS) is 15.7. The van der Waals surface area contributed by atoms with Crippen molar-refractivity contribution < 1.29 is 9.53 Å². The van der Waals surface area contributed by atoms with Gasteiger partial charge < -0.3 is 15.0 Å². The fourth-order valence-electron chi connectivity index (χ4n) is 3.15. The van der Waals surface area contributed by atoms with Crippen molar-refractivity contribution in [2.45, 2.75) is 25.3 Å². The van der Waals surface area contributed by atoms with E-state index in [4.69, 9.17) is 4.74 Å². The SMILES string of the molecule is O=C(NC1CCN(CCCOc2ccccc2)CC1)c1ccccc1. The van der Waals surface area contributed by atoms with Gasteiger partial charge in [0.2, 0.25) is 0 Å². The molecule has 1 heterocycles. The van der Waals surface area contributed by atoms with E-state index in [2.05, 4.69) is 10.2 Å². The highest BCUT2D eigenvalue weighted by Crippen LogP contribution is 2.13. The number of nitrogens with one attached hydrogen (secondary N) is 1. The summed E-state index contributed by atoms with van der Waals surface area (Å²) in [5, 5.41) is 3.15. The first-order valence-electron chi connectivity index (χ1n) is 9.07. The molecule has 0 spiro atoms. The number of para-hydroxylation sites is 1. The molecule has 1 N–H and O–H groups in total. The molecule has 1 aliphatic heterocycles. The molecule has 0 atom stereocenters. The van der Waals surface area contributed by atoms with Crippen LogP contribution in [-0.2, 0) is 0 Å². The molecule has 4 heteroatoms. The van der Waals surface area contributed by atoms with E-state index in [0.29, 0.717) is 0 Å². The molecular weight excluding hydrogens is 312 g/mol. The molecule has 1 fully saturated rings. The van der Waals surface area contributed by atoms with Gasteiger partial charge in [0, 0.05) is 31.2 Å². The molecule has 2 aromatic carbocycles. The largest absolute Gasteiger partial charge is 0.494 e. The predicted molar refractivity (Wildman–Crippen MR) is 99.9 cm³/mol. The monoisotopic (exact) mass is 338 g/mol. The van der Waals surface area contributed by atoms with Gasteiger partial charge in [0.15, 0.2) is 0 Å². The van der Waals surface area contributed by atoms with Gasteiger partial charge in [-0.25, -0.2) is 0 Å². The number of nitrogens with zero attached hydrogens (tertiary/aromatic N) is 1. The summed E-state index contributed by atoms with van der Waals surface area (Å²) in [7, 11) is 0. The van der Waals surface area contributed by atoms with Crippen molar-refractivity contribution in [2.24, 2.45) is 0 Å². The highest BCUT2D eigenvalue weighted by Gasteiger charge is 2.20. The molecule has 3 rings (SSSR count). The zero-order chi connectivity index (χ0) is 17.3. The van der Waals surface area contributed by atoms with Crippen LogP contribution >= 0.6 is 0 Å². The highest BCUT2D eigenvalue weighted by atomic mass is 16.5. The van der Waals surface area contributed by atoms with Crippen LogP contribution in [0.4, 0.5) is 0 Å². The molecule has 0 unspecified atom stereocenters. The third-order valence-corrected chi connectivity index (χ3v) is 4.59. The summed E-state index contributed by atoms with van der Waals surface area (Å²) in [4.78, 5) is 14.7. The standard InChI is InChI=1S/C21H26N2O2/c24-21(18-8-3-1-4-9-18)22-19-12-15-23(16-13-19)14-7-17-25-20-10-5-2-6-11-20/h1-6,8-11,19H,7,12-17H2,(H,22,24). The number of carbonyl (C=O) groups is 1. The van der Waals surface area contributed by atoms with E-state index < -0.39 is 0 Å². The van der Waals surface area contributed by atoms with Crippen molar-refractivity contribution in [1.29, 1.82) is 0 Å². The predicted octanol–water partition coefficient (Wildman–Crippen LogP) is 3.35. The molecule has 2 aromatic rings. The topological polar surface area (TPSA) is 41.6 Å². The first-order chi connectivity index (χ1) is 12.3. The van der Waals surface area contributed by atoms with Crippen molar-refractivity contribution in [3.8, 4) is 5.75 Å². The number of rotatable bonds is 7. The minimum Gasteiger partial charge on any atom is -0.494 e. The van der Waals surface area contributed by atoms with Gasteiger partial charge in [0.05, 0.1) is 6.61 Å². The van der Waals surface area contributed by atoms with Crippen molar-refractivity contribution in [2.75, 3.05) is 26.2 Å². The summed E-state index contributed by atoms with van der Waals surface area (Å²) in [5.41, 5.74) is 0.739. The maximum absolute atomic E-state index is 12.2. The Hall–Kier alpha value is -2.33. The van der Waals surface area contributed by atoms with Gasteiger partial charge in [-0.15, -0.1) is 0 Å². The summed E-state index contributed by atoms with van der Waals surface area (Å²) in [6.07, 6.45) is 3.05. The number of ether oxygens (including phenoxy) is 1. The lowest BCUT2D eigenvalue weighted by molar-refractivity contribution is 0.0909. The second-order valence-electron chi connectivity index (χ2n) is 6.47. The molecule has 1 amide bonds. The Labute approximate surface area is 149 Å². The minimum atomic E-state index is 0.0373. The fourth-order valence-corrected chi connectivity index (χ4v) is 3.15. The Balaban J connectivity index is 1.31. The van der Waals surface area contributed by atoms with E-state index >= 15 is 0 Å². The smallest absolute Gasteiger partial charge is 0.251 e. The minimum absolute atomic E-state index is 0.0373. The van der Waals surface area contributed by atoms with E-state index in [-0.39, 0.29) is 11.9 Å². The van der Waals surface area contributed by atoms with Gasteiger partial charge >= 0.3 is 0 Å². The molecule has 0 bridgehead atoms. The Bertz CT molecular complexity index is 637. The summed E-state index contributed by atoms with van der Waals surface area (Å²) < 4.78 is 5.74. The third kappa shape index (κ3) is 5.61. The molecular formula is C21H26N2O2. The average molecular weight is 338 g/mol. The van der Waals surface area contributed by atoms with Gasteiger partial charge in [-0.3, -0.25) is 4.79 Å². The van der Waals surface area contributed by atoms with E-state index in [1.807, 2.05) is 60.7 Å². The fraction of sp³-hybridized carbons (Fsp3) is 0.381. The highest BCUT2D eigenvalue weighted by molar-refractivity contribution is 5.94. The van der Waals surface area contributed by atoms with Crippen molar-refractivity contribution in [1.82, 2.24) is 10.2 Å². The first-order valence-corrected chi connectivity index (χ1v) is 9.07. The molecule has 4 nitrogen and oxygen atoms in total. The molecule has 0 saturated carbocycles. The lowest BCUT2D eigenvalue weighted by Crippen LogP contribution is -2.45. The van der Waals surface area contributed by atoms with Crippen LogP contribution in [0.25, 0.3) is 0 Å². The number of piperidine rings is 1. The van der Waals surface area contributed by atoms with Gasteiger partial charge in [-0.05, 0) is 43.5 Å². The Kier molecular flexibility index (Phi) is 6.46. The molecule has 1 saturated heterocycles. The summed E-state index contributed by atoms with van der Waals surface area (Å²) in [5.74, 6) is 0.972. The summed E-state index contributed by atoms with van der Waals surface area (Å²) in [6.45, 7) is 3.86. The third-order valence-electron chi connectivity index (χ3n) is 4.59. The molecule has 0 radical (unpaired) electrons. The van der Waals surface area contributed by atoms with E-state index in [1.54, 1.807) is 0 Å². The summed E-state index contributed by atoms with van der Waals surface area (Å²) in [6, 6.07) is 19.7. The van der Waals surface area contributed by atoms with Gasteiger partial charge in [0.1, 0.15) is 5.75 Å². The van der Waals surface area contributed by atoms with E-state index in [0.717, 1.165) is 56.8 Å². The van der Waals surface area contributed by atoms with Crippen molar-refractivity contribution in [3.63, 3.8) is 0 Å². The van der Waals surface area contributed by atoms with Crippen LogP contribution in [-0.4, -0.2) is 43.1 Å². The number of carbonyl (C=O) groups excluding carboxylic acids is 1. The second kappa shape index (κ2) is 9.23. The van der Waals surface area contributed by atoms with Gasteiger partial charge in [0.25, 0.3) is 5.91 Å². The maximum Gasteiger partial charge on any atom is 0.251 e. The molecule has 0 aliphatic carbocycles. The second-order valence-corrected chi connectivity index (χ2v) is 6.47. The maximum atomic E-state index is 12.2. The first kappa shape index (κ1) is 17.5. The van der Waals surface area contributed by atoms with E-state index in [1.165, 1.54) is 0 Å². The Morgan fingerprint density at radius 1 is 1.00 bits per heavy atom. The molecule has 1 aliphatic rings. The number of benzene rings is 2. The lowest BCUT2D eigenvalue weighted by atomic mass is 10.0. The Morgan fingerprint density at radius 2 is 1.64 bits per heavy atom. The number of hydrogen-bond acceptors (Lipinski definition) is 3. The number of hydrogen-bond donors (Lipinski definition) is 1. The van der Waals surface area contributed by atoms with Crippen LogP contribution in [0.3, 0.4) is 0 Å². The van der Waals surface area contributed by atoms with Crippen molar-refractivity contribution >= 4 is 5.91 Å². The van der Waals surface area contributed by atoms with Crippen LogP contribution in [0, 0.1) is 0 Å². The number of likely N-dealkylation sites (tertiary alicyclic amines) is 1. The lowest BCUT2D eigenvalue weighted by Gasteiger charge is -2.32. The van der Waals surface area contributed by atoms with Gasteiger partial charge in [-0.2, -0.15) is 0 Å². The molecule has 25 heavy (non-hydrogen) atoms. The van der Waals surface area contributed by atoms with Crippen LogP contribution < -0.4 is 10.1 Å². The summed E-state index contributed by atoms with van der Waals surface area (Å²) >= 11 is 0. The van der Waals surface area contributed by atoms with Crippen LogP contribution in [0.2, 0.25) is 0 Å². The molecule has 132 valence electrons. The van der Waals surface area contributed by atoms with Gasteiger partial charge in [-0.1, -0.05) is 36.4 Å². The zero-order valence-corrected chi connectivity index (χ0v) is 14.6. The van der Waals surface area contributed by atoms with E-state index in [9.17, 15) is 4.79 Å². The van der Waals surface area contributed by atoms with Crippen LogP contribution in [0.15, 0.2) is 60.7 Å². The average Bonchev–Trinajstić information content (AvgIpc) is 2.68. The zero-order valence-electron chi connectivity index (χ0n) is 14.6. The van der Waals surface area contributed by atoms with Crippen molar-refractivity contribution in [3.05, 3.63) is 66.2 Å². The van der Waals surface area contributed by atoms with Crippen LogP contribution in [0.5, 0.6) is 5.75 Å². The molecule has 0 aromatic heterocycles.